The summed E-state index contributed by atoms with van der Waals surface area (Å²) in [5, 5.41) is 5.89. The minimum atomic E-state index is -2.84. The molecule has 1 aliphatic rings. The summed E-state index contributed by atoms with van der Waals surface area (Å²) in [7, 11) is 0. The highest BCUT2D eigenvalue weighted by atomic mass is 19.3. The van der Waals surface area contributed by atoms with E-state index in [2.05, 4.69) is 15.4 Å². The second-order valence-electron chi connectivity index (χ2n) is 4.39. The maximum atomic E-state index is 12.0. The molecule has 1 aromatic rings. The molecule has 6 heteroatoms. The number of piperidine rings is 1. The normalized spacial score (nSPS) is 19.2. The minimum absolute atomic E-state index is 0.0730. The predicted octanol–water partition coefficient (Wildman–Crippen LogP) is 2.37. The number of ether oxygens (including phenoxy) is 1. The van der Waals surface area contributed by atoms with Gasteiger partial charge >= 0.3 is 6.61 Å². The number of nitrogens with one attached hydrogen (secondary N) is 2. The number of carbonyl (C=O) groups is 1. The molecule has 1 aromatic carbocycles. The Balaban J connectivity index is 1.89. The van der Waals surface area contributed by atoms with E-state index in [1.165, 1.54) is 12.1 Å². The fraction of sp³-hybridized carbons (Fsp3) is 0.462. The molecule has 0 bridgehead atoms. The minimum Gasteiger partial charge on any atom is -0.435 e. The summed E-state index contributed by atoms with van der Waals surface area (Å²) >= 11 is 0. The molecule has 1 saturated heterocycles. The molecule has 1 fully saturated rings. The Morgan fingerprint density at radius 3 is 2.63 bits per heavy atom. The van der Waals surface area contributed by atoms with Gasteiger partial charge in [-0.15, -0.1) is 0 Å². The standard InChI is InChI=1S/C13H16F2N2O2/c14-13(15)19-10-6-4-9(5-7-10)17-12(18)11-3-1-2-8-16-11/h4-7,11,13,16H,1-3,8H2,(H,17,18). The summed E-state index contributed by atoms with van der Waals surface area (Å²) in [4.78, 5) is 11.9. The maximum absolute atomic E-state index is 12.0. The molecule has 0 saturated carbocycles. The van der Waals surface area contributed by atoms with E-state index in [0.29, 0.717) is 5.69 Å². The van der Waals surface area contributed by atoms with Crippen molar-refractivity contribution in [1.82, 2.24) is 5.32 Å². The van der Waals surface area contributed by atoms with Crippen molar-refractivity contribution in [3.63, 3.8) is 0 Å². The third-order valence-electron chi connectivity index (χ3n) is 2.97. The lowest BCUT2D eigenvalue weighted by molar-refractivity contribution is -0.118. The highest BCUT2D eigenvalue weighted by Gasteiger charge is 2.20. The van der Waals surface area contributed by atoms with Gasteiger partial charge in [-0.25, -0.2) is 0 Å². The molecule has 1 aliphatic heterocycles. The maximum Gasteiger partial charge on any atom is 0.387 e. The number of halogens is 2. The largest absolute Gasteiger partial charge is 0.435 e. The highest BCUT2D eigenvalue weighted by Crippen LogP contribution is 2.18. The SMILES string of the molecule is O=C(Nc1ccc(OC(F)F)cc1)C1CCCCN1. The van der Waals surface area contributed by atoms with Crippen molar-refractivity contribution in [3.8, 4) is 5.75 Å². The fourth-order valence-corrected chi connectivity index (χ4v) is 2.02. The van der Waals surface area contributed by atoms with Crippen LogP contribution in [0.4, 0.5) is 14.5 Å². The third-order valence-corrected chi connectivity index (χ3v) is 2.97. The van der Waals surface area contributed by atoms with Gasteiger partial charge in [-0.05, 0) is 43.7 Å². The van der Waals surface area contributed by atoms with Crippen LogP contribution in [0.25, 0.3) is 0 Å². The fourth-order valence-electron chi connectivity index (χ4n) is 2.02. The van der Waals surface area contributed by atoms with Gasteiger partial charge in [0.25, 0.3) is 0 Å². The molecule has 0 radical (unpaired) electrons. The zero-order valence-electron chi connectivity index (χ0n) is 10.4. The number of rotatable bonds is 4. The van der Waals surface area contributed by atoms with E-state index in [1.807, 2.05) is 0 Å². The summed E-state index contributed by atoms with van der Waals surface area (Å²) in [5.41, 5.74) is 0.569. The van der Waals surface area contributed by atoms with Crippen LogP contribution in [0.1, 0.15) is 19.3 Å². The summed E-state index contributed by atoms with van der Waals surface area (Å²) in [6.07, 6.45) is 2.94. The van der Waals surface area contributed by atoms with Gasteiger partial charge in [-0.3, -0.25) is 4.79 Å². The number of carbonyl (C=O) groups excluding carboxylic acids is 1. The first-order chi connectivity index (χ1) is 9.15. The smallest absolute Gasteiger partial charge is 0.387 e. The van der Waals surface area contributed by atoms with Crippen molar-refractivity contribution in [3.05, 3.63) is 24.3 Å². The van der Waals surface area contributed by atoms with E-state index in [4.69, 9.17) is 0 Å². The van der Waals surface area contributed by atoms with Crippen LogP contribution in [-0.2, 0) is 4.79 Å². The van der Waals surface area contributed by atoms with E-state index in [-0.39, 0.29) is 17.7 Å². The molecule has 2 rings (SSSR count). The summed E-state index contributed by atoms with van der Waals surface area (Å²) in [6.45, 7) is -1.99. The van der Waals surface area contributed by atoms with Gasteiger partial charge in [0.2, 0.25) is 5.91 Å². The molecular weight excluding hydrogens is 254 g/mol. The Bertz CT molecular complexity index is 417. The van der Waals surface area contributed by atoms with E-state index >= 15 is 0 Å². The topological polar surface area (TPSA) is 50.4 Å². The molecular formula is C13H16F2N2O2. The van der Waals surface area contributed by atoms with Crippen LogP contribution in [-0.4, -0.2) is 25.1 Å². The van der Waals surface area contributed by atoms with Gasteiger partial charge in [-0.1, -0.05) is 6.42 Å². The van der Waals surface area contributed by atoms with Crippen LogP contribution >= 0.6 is 0 Å². The Morgan fingerprint density at radius 1 is 1.32 bits per heavy atom. The van der Waals surface area contributed by atoms with Crippen LogP contribution in [0, 0.1) is 0 Å². The zero-order valence-corrected chi connectivity index (χ0v) is 10.4. The predicted molar refractivity (Wildman–Crippen MR) is 67.3 cm³/mol. The third kappa shape index (κ3) is 4.17. The van der Waals surface area contributed by atoms with Gasteiger partial charge in [0.1, 0.15) is 5.75 Å². The number of anilines is 1. The van der Waals surface area contributed by atoms with Crippen molar-refractivity contribution in [2.75, 3.05) is 11.9 Å². The van der Waals surface area contributed by atoms with Crippen LogP contribution in [0.2, 0.25) is 0 Å². The van der Waals surface area contributed by atoms with Crippen molar-refractivity contribution < 1.29 is 18.3 Å². The van der Waals surface area contributed by atoms with E-state index in [0.717, 1.165) is 25.8 Å². The molecule has 4 nitrogen and oxygen atoms in total. The van der Waals surface area contributed by atoms with Crippen molar-refractivity contribution >= 4 is 11.6 Å². The van der Waals surface area contributed by atoms with Crippen molar-refractivity contribution in [2.24, 2.45) is 0 Å². The monoisotopic (exact) mass is 270 g/mol. The number of hydrogen-bond acceptors (Lipinski definition) is 3. The second kappa shape index (κ2) is 6.47. The molecule has 2 N–H and O–H groups in total. The van der Waals surface area contributed by atoms with Crippen LogP contribution < -0.4 is 15.4 Å². The molecule has 19 heavy (non-hydrogen) atoms. The second-order valence-corrected chi connectivity index (χ2v) is 4.39. The molecule has 0 spiro atoms. The highest BCUT2D eigenvalue weighted by molar-refractivity contribution is 5.94. The average molecular weight is 270 g/mol. The zero-order chi connectivity index (χ0) is 13.7. The van der Waals surface area contributed by atoms with Gasteiger partial charge < -0.3 is 15.4 Å². The Hall–Kier alpha value is -1.69. The van der Waals surface area contributed by atoms with Gasteiger partial charge in [0, 0.05) is 5.69 Å². The molecule has 104 valence electrons. The molecule has 1 heterocycles. The van der Waals surface area contributed by atoms with Gasteiger partial charge in [-0.2, -0.15) is 8.78 Å². The number of amides is 1. The van der Waals surface area contributed by atoms with Crippen LogP contribution in [0.5, 0.6) is 5.75 Å². The Morgan fingerprint density at radius 2 is 2.05 bits per heavy atom. The number of benzene rings is 1. The number of hydrogen-bond donors (Lipinski definition) is 2. The average Bonchev–Trinajstić information content (AvgIpc) is 2.41. The van der Waals surface area contributed by atoms with E-state index in [9.17, 15) is 13.6 Å². The Kier molecular flexibility index (Phi) is 4.68. The quantitative estimate of drug-likeness (QED) is 0.883. The molecule has 1 atom stereocenters. The lowest BCUT2D eigenvalue weighted by Gasteiger charge is -2.22. The van der Waals surface area contributed by atoms with Crippen LogP contribution in [0.3, 0.4) is 0 Å². The molecule has 0 aliphatic carbocycles. The Labute approximate surface area is 110 Å². The summed E-state index contributed by atoms with van der Waals surface area (Å²) in [5.74, 6) is -0.0222. The molecule has 1 unspecified atom stereocenters. The van der Waals surface area contributed by atoms with Crippen molar-refractivity contribution in [1.29, 1.82) is 0 Å². The summed E-state index contributed by atoms with van der Waals surface area (Å²) < 4.78 is 28.2. The van der Waals surface area contributed by atoms with E-state index < -0.39 is 6.61 Å². The first-order valence-corrected chi connectivity index (χ1v) is 6.24. The molecule has 0 aromatic heterocycles. The van der Waals surface area contributed by atoms with Gasteiger partial charge in [0.15, 0.2) is 0 Å². The number of alkyl halides is 2. The summed E-state index contributed by atoms with van der Waals surface area (Å²) in [6, 6.07) is 5.70. The lowest BCUT2D eigenvalue weighted by Crippen LogP contribution is -2.43. The molecule has 1 amide bonds. The van der Waals surface area contributed by atoms with Crippen molar-refractivity contribution in [2.45, 2.75) is 31.9 Å². The van der Waals surface area contributed by atoms with E-state index in [1.54, 1.807) is 12.1 Å². The van der Waals surface area contributed by atoms with Crippen LogP contribution in [0.15, 0.2) is 24.3 Å². The van der Waals surface area contributed by atoms with Gasteiger partial charge in [0.05, 0.1) is 6.04 Å². The lowest BCUT2D eigenvalue weighted by atomic mass is 10.0. The first-order valence-electron chi connectivity index (χ1n) is 6.24. The first kappa shape index (κ1) is 13.7.